The molecule has 0 aliphatic heterocycles. The van der Waals surface area contributed by atoms with E-state index in [1.54, 1.807) is 0 Å². The smallest absolute Gasteiger partial charge is 0.138 e. The molecule has 0 aliphatic carbocycles. The monoisotopic (exact) mass is 113 g/mol. The molecule has 0 bridgehead atoms. The number of carbonyl (C=O) groups excluding carboxylic acids is 1. The molecule has 47 valence electrons. The number of hydrogen-bond donors (Lipinski definition) is 0. The predicted molar refractivity (Wildman–Crippen MR) is 34.4 cm³/mol. The van der Waals surface area contributed by atoms with Crippen molar-refractivity contribution in [2.75, 3.05) is 0 Å². The molecule has 0 aliphatic rings. The maximum absolute atomic E-state index is 10.8. The largest absolute Gasteiger partial charge is 0.299 e. The van der Waals surface area contributed by atoms with E-state index in [9.17, 15) is 4.79 Å². The first-order chi connectivity index (χ1) is 3.48. The number of carbonyl (C=O) groups is 1. The van der Waals surface area contributed by atoms with Gasteiger partial charge in [0.15, 0.2) is 0 Å². The van der Waals surface area contributed by atoms with Gasteiger partial charge in [-0.2, -0.15) is 0 Å². The molecular formula is C7H13O. The highest BCUT2D eigenvalue weighted by Gasteiger charge is 2.18. The van der Waals surface area contributed by atoms with Crippen LogP contribution in [-0.4, -0.2) is 5.78 Å². The number of hydrogen-bond acceptors (Lipinski definition) is 1. The Morgan fingerprint density at radius 3 is 2.00 bits per heavy atom. The molecule has 0 aromatic rings. The molecule has 0 fully saturated rings. The van der Waals surface area contributed by atoms with Crippen molar-refractivity contribution in [3.05, 3.63) is 6.92 Å². The topological polar surface area (TPSA) is 17.1 Å². The van der Waals surface area contributed by atoms with E-state index in [4.69, 9.17) is 0 Å². The summed E-state index contributed by atoms with van der Waals surface area (Å²) in [5, 5.41) is 0. The first kappa shape index (κ1) is 7.67. The maximum atomic E-state index is 10.8. The van der Waals surface area contributed by atoms with Crippen LogP contribution in [0.15, 0.2) is 0 Å². The van der Waals surface area contributed by atoms with Crippen LogP contribution in [0.3, 0.4) is 0 Å². The van der Waals surface area contributed by atoms with E-state index < -0.39 is 0 Å². The molecule has 1 radical (unpaired) electrons. The van der Waals surface area contributed by atoms with Crippen LogP contribution >= 0.6 is 0 Å². The van der Waals surface area contributed by atoms with Crippen LogP contribution in [0.4, 0.5) is 0 Å². The fourth-order valence-corrected chi connectivity index (χ4v) is 0.479. The molecule has 0 N–H and O–H groups in total. The number of Topliss-reactive ketones (excluding diaryl/α,β-unsaturated/α-hetero) is 1. The summed E-state index contributed by atoms with van der Waals surface area (Å²) >= 11 is 0. The molecule has 0 unspecified atom stereocenters. The fraction of sp³-hybridized carbons (Fsp3) is 0.714. The Kier molecular flexibility index (Phi) is 2.20. The van der Waals surface area contributed by atoms with Gasteiger partial charge in [0, 0.05) is 11.8 Å². The van der Waals surface area contributed by atoms with Crippen molar-refractivity contribution < 1.29 is 4.79 Å². The standard InChI is InChI=1S/C7H13O/c1-5-6(8)7(2,3)4/h2,5H2,1,3-4H3. The fourth-order valence-electron chi connectivity index (χ4n) is 0.479. The summed E-state index contributed by atoms with van der Waals surface area (Å²) in [6.07, 6.45) is 0.594. The van der Waals surface area contributed by atoms with E-state index in [1.165, 1.54) is 0 Å². The second-order valence-electron chi connectivity index (χ2n) is 2.66. The molecule has 0 saturated carbocycles. The molecule has 1 nitrogen and oxygen atoms in total. The van der Waals surface area contributed by atoms with E-state index in [-0.39, 0.29) is 11.2 Å². The average Bonchev–Trinajstić information content (AvgIpc) is 1.62. The maximum Gasteiger partial charge on any atom is 0.138 e. The summed E-state index contributed by atoms with van der Waals surface area (Å²) in [6.45, 7) is 9.21. The zero-order valence-electron chi connectivity index (χ0n) is 5.82. The molecule has 0 aromatic heterocycles. The number of ketones is 1. The molecule has 0 rings (SSSR count). The van der Waals surface area contributed by atoms with E-state index in [0.29, 0.717) is 6.42 Å². The zero-order valence-corrected chi connectivity index (χ0v) is 5.82. The first-order valence-corrected chi connectivity index (χ1v) is 2.87. The van der Waals surface area contributed by atoms with Gasteiger partial charge in [-0.15, -0.1) is 0 Å². The Morgan fingerprint density at radius 1 is 1.62 bits per heavy atom. The highest BCUT2D eigenvalue weighted by molar-refractivity contribution is 5.84. The Hall–Kier alpha value is -0.330. The summed E-state index contributed by atoms with van der Waals surface area (Å²) in [6, 6.07) is 0. The number of rotatable bonds is 2. The summed E-state index contributed by atoms with van der Waals surface area (Å²) in [4.78, 5) is 10.8. The van der Waals surface area contributed by atoms with Crippen molar-refractivity contribution in [2.24, 2.45) is 5.41 Å². The van der Waals surface area contributed by atoms with Gasteiger partial charge in [0.1, 0.15) is 5.78 Å². The van der Waals surface area contributed by atoms with E-state index in [2.05, 4.69) is 6.92 Å². The molecule has 0 amide bonds. The van der Waals surface area contributed by atoms with Gasteiger partial charge in [0.05, 0.1) is 0 Å². The third-order valence-electron chi connectivity index (χ3n) is 1.08. The minimum atomic E-state index is -0.380. The summed E-state index contributed by atoms with van der Waals surface area (Å²) in [5.41, 5.74) is -0.380. The van der Waals surface area contributed by atoms with Gasteiger partial charge in [-0.3, -0.25) is 4.79 Å². The van der Waals surface area contributed by atoms with Gasteiger partial charge >= 0.3 is 0 Å². The first-order valence-electron chi connectivity index (χ1n) is 2.87. The average molecular weight is 113 g/mol. The van der Waals surface area contributed by atoms with Crippen molar-refractivity contribution in [3.8, 4) is 0 Å². The van der Waals surface area contributed by atoms with Crippen LogP contribution < -0.4 is 0 Å². The molecule has 0 spiro atoms. The second kappa shape index (κ2) is 2.29. The van der Waals surface area contributed by atoms with E-state index in [0.717, 1.165) is 0 Å². The summed E-state index contributed by atoms with van der Waals surface area (Å²) < 4.78 is 0. The zero-order chi connectivity index (χ0) is 6.78. The molecule has 0 atom stereocenters. The van der Waals surface area contributed by atoms with Gasteiger partial charge < -0.3 is 0 Å². The minimum Gasteiger partial charge on any atom is -0.299 e. The highest BCUT2D eigenvalue weighted by Crippen LogP contribution is 2.14. The van der Waals surface area contributed by atoms with Crippen LogP contribution in [0.25, 0.3) is 0 Å². The molecular weight excluding hydrogens is 100 g/mol. The quantitative estimate of drug-likeness (QED) is 0.534. The Balaban J connectivity index is 3.82. The highest BCUT2D eigenvalue weighted by atomic mass is 16.1. The van der Waals surface area contributed by atoms with Crippen LogP contribution in [0.5, 0.6) is 0 Å². The van der Waals surface area contributed by atoms with Gasteiger partial charge in [-0.25, -0.2) is 0 Å². The molecule has 0 saturated heterocycles. The lowest BCUT2D eigenvalue weighted by molar-refractivity contribution is -0.124. The third kappa shape index (κ3) is 2.10. The minimum absolute atomic E-state index is 0.220. The third-order valence-corrected chi connectivity index (χ3v) is 1.08. The van der Waals surface area contributed by atoms with Crippen LogP contribution in [0.1, 0.15) is 27.2 Å². The van der Waals surface area contributed by atoms with Crippen molar-refractivity contribution in [1.82, 2.24) is 0 Å². The van der Waals surface area contributed by atoms with Gasteiger partial charge in [0.25, 0.3) is 0 Å². The molecule has 0 heterocycles. The second-order valence-corrected chi connectivity index (χ2v) is 2.66. The Bertz CT molecular complexity index is 87.1. The molecule has 8 heavy (non-hydrogen) atoms. The van der Waals surface area contributed by atoms with Crippen LogP contribution in [-0.2, 0) is 4.79 Å². The Morgan fingerprint density at radius 2 is 2.00 bits per heavy atom. The summed E-state index contributed by atoms with van der Waals surface area (Å²) in [7, 11) is 0. The van der Waals surface area contributed by atoms with Crippen molar-refractivity contribution >= 4 is 5.78 Å². The van der Waals surface area contributed by atoms with Gasteiger partial charge in [0.2, 0.25) is 0 Å². The van der Waals surface area contributed by atoms with Crippen molar-refractivity contribution in [2.45, 2.75) is 27.2 Å². The lowest BCUT2D eigenvalue weighted by Crippen LogP contribution is -2.18. The lowest BCUT2D eigenvalue weighted by Gasteiger charge is -2.13. The summed E-state index contributed by atoms with van der Waals surface area (Å²) in [5.74, 6) is 0.220. The molecule has 1 heteroatoms. The predicted octanol–water partition coefficient (Wildman–Crippen LogP) is 1.83. The normalized spacial score (nSPS) is 11.5. The SMILES string of the molecule is [CH2]C(C)(C)C(=O)CC. The van der Waals surface area contributed by atoms with E-state index in [1.807, 2.05) is 20.8 Å². The van der Waals surface area contributed by atoms with Gasteiger partial charge in [-0.1, -0.05) is 20.8 Å². The Labute approximate surface area is 51.1 Å². The van der Waals surface area contributed by atoms with Gasteiger partial charge in [-0.05, 0) is 6.92 Å². The lowest BCUT2D eigenvalue weighted by atomic mass is 9.90. The van der Waals surface area contributed by atoms with E-state index >= 15 is 0 Å². The van der Waals surface area contributed by atoms with Crippen LogP contribution in [0, 0.1) is 12.3 Å². The molecule has 0 aromatic carbocycles. The van der Waals surface area contributed by atoms with Crippen LogP contribution in [0.2, 0.25) is 0 Å². The van der Waals surface area contributed by atoms with Crippen molar-refractivity contribution in [3.63, 3.8) is 0 Å². The van der Waals surface area contributed by atoms with Crippen molar-refractivity contribution in [1.29, 1.82) is 0 Å².